The monoisotopic (exact) mass is 514 g/mol. The summed E-state index contributed by atoms with van der Waals surface area (Å²) in [6.07, 6.45) is 0.498. The van der Waals surface area contributed by atoms with Crippen LogP contribution in [0, 0.1) is 11.6 Å². The summed E-state index contributed by atoms with van der Waals surface area (Å²) >= 11 is 0. The molecule has 0 atom stereocenters. The average Bonchev–Trinajstić information content (AvgIpc) is 3.21. The van der Waals surface area contributed by atoms with Gasteiger partial charge in [0, 0.05) is 54.9 Å². The minimum absolute atomic E-state index is 0.0783. The van der Waals surface area contributed by atoms with Gasteiger partial charge >= 0.3 is 0 Å². The number of rotatable bonds is 3. The van der Waals surface area contributed by atoms with Crippen molar-refractivity contribution in [2.45, 2.75) is 6.42 Å². The van der Waals surface area contributed by atoms with E-state index in [1.54, 1.807) is 40.1 Å². The first-order chi connectivity index (χ1) is 18.4. The van der Waals surface area contributed by atoms with Crippen LogP contribution in [0.25, 0.3) is 22.2 Å². The Labute approximate surface area is 217 Å². The summed E-state index contributed by atoms with van der Waals surface area (Å²) in [5.41, 5.74) is 3.23. The maximum atomic E-state index is 14.9. The van der Waals surface area contributed by atoms with Crippen molar-refractivity contribution in [1.82, 2.24) is 20.1 Å². The Balaban J connectivity index is 1.28. The molecule has 192 valence electrons. The Kier molecular flexibility index (Phi) is 5.90. The average molecular weight is 515 g/mol. The van der Waals surface area contributed by atoms with Crippen LogP contribution in [0.15, 0.2) is 60.7 Å². The lowest BCUT2D eigenvalue weighted by Gasteiger charge is -2.35. The number of carbonyl (C=O) groups is 3. The van der Waals surface area contributed by atoms with Crippen molar-refractivity contribution in [3.8, 4) is 11.3 Å². The number of amides is 3. The molecule has 9 heteroatoms. The molecule has 2 aliphatic rings. The van der Waals surface area contributed by atoms with E-state index in [2.05, 4.69) is 10.3 Å². The fourth-order valence-corrected chi connectivity index (χ4v) is 5.33. The van der Waals surface area contributed by atoms with Gasteiger partial charge < -0.3 is 20.1 Å². The first kappa shape index (κ1) is 23.8. The van der Waals surface area contributed by atoms with Crippen LogP contribution in [-0.2, 0) is 6.42 Å². The molecule has 0 spiro atoms. The molecular formula is C29H24F2N4O3. The van der Waals surface area contributed by atoms with Crippen molar-refractivity contribution in [2.75, 3.05) is 32.7 Å². The van der Waals surface area contributed by atoms with Crippen LogP contribution < -0.4 is 5.32 Å². The molecule has 0 saturated carbocycles. The number of hydrogen-bond acceptors (Lipinski definition) is 3. The van der Waals surface area contributed by atoms with E-state index in [-0.39, 0.29) is 36.0 Å². The number of H-pyrrole nitrogens is 1. The second-order valence-electron chi connectivity index (χ2n) is 9.51. The van der Waals surface area contributed by atoms with Crippen LogP contribution in [0.3, 0.4) is 0 Å². The molecule has 6 rings (SSSR count). The zero-order valence-electron chi connectivity index (χ0n) is 20.4. The van der Waals surface area contributed by atoms with Gasteiger partial charge in [0.25, 0.3) is 17.7 Å². The Morgan fingerprint density at radius 3 is 2.29 bits per heavy atom. The van der Waals surface area contributed by atoms with E-state index in [4.69, 9.17) is 0 Å². The summed E-state index contributed by atoms with van der Waals surface area (Å²) in [4.78, 5) is 45.0. The van der Waals surface area contributed by atoms with E-state index < -0.39 is 17.5 Å². The van der Waals surface area contributed by atoms with Gasteiger partial charge in [-0.15, -0.1) is 0 Å². The maximum Gasteiger partial charge on any atom is 0.256 e. The number of benzene rings is 3. The van der Waals surface area contributed by atoms with Crippen molar-refractivity contribution < 1.29 is 23.2 Å². The van der Waals surface area contributed by atoms with Gasteiger partial charge in [-0.1, -0.05) is 18.2 Å². The number of aromatic nitrogens is 1. The first-order valence-electron chi connectivity index (χ1n) is 12.5. The summed E-state index contributed by atoms with van der Waals surface area (Å²) in [5, 5.41) is 3.41. The molecule has 1 saturated heterocycles. The van der Waals surface area contributed by atoms with Gasteiger partial charge in [0.05, 0.1) is 11.1 Å². The topological polar surface area (TPSA) is 85.5 Å². The van der Waals surface area contributed by atoms with Gasteiger partial charge in [-0.2, -0.15) is 0 Å². The van der Waals surface area contributed by atoms with Gasteiger partial charge in [-0.05, 0) is 60.0 Å². The number of aromatic amines is 1. The van der Waals surface area contributed by atoms with Crippen molar-refractivity contribution in [3.05, 3.63) is 94.6 Å². The maximum absolute atomic E-state index is 14.9. The molecule has 3 amide bonds. The largest absolute Gasteiger partial charge is 0.354 e. The van der Waals surface area contributed by atoms with Crippen LogP contribution in [0.5, 0.6) is 0 Å². The van der Waals surface area contributed by atoms with E-state index in [9.17, 15) is 23.2 Å². The number of nitrogens with zero attached hydrogens (tertiary/aromatic N) is 2. The first-order valence-corrected chi connectivity index (χ1v) is 12.5. The third-order valence-corrected chi connectivity index (χ3v) is 7.23. The molecule has 3 heterocycles. The SMILES string of the molecule is O=C1NCCc2c(-c3ccc(F)c(C(=O)N4CCN(C(=O)c5ccccc5)CC4)c3)[nH]c3cc(F)cc1c23. The van der Waals surface area contributed by atoms with Crippen LogP contribution in [0.1, 0.15) is 36.6 Å². The van der Waals surface area contributed by atoms with Gasteiger partial charge in [-0.25, -0.2) is 8.78 Å². The highest BCUT2D eigenvalue weighted by Crippen LogP contribution is 2.35. The minimum atomic E-state index is -0.646. The number of hydrogen-bond donors (Lipinski definition) is 2. The van der Waals surface area contributed by atoms with Crippen LogP contribution in [0.2, 0.25) is 0 Å². The zero-order valence-corrected chi connectivity index (χ0v) is 20.4. The molecule has 38 heavy (non-hydrogen) atoms. The molecular weight excluding hydrogens is 490 g/mol. The zero-order chi connectivity index (χ0) is 26.4. The lowest BCUT2D eigenvalue weighted by Crippen LogP contribution is -2.50. The predicted molar refractivity (Wildman–Crippen MR) is 138 cm³/mol. The number of halogens is 2. The highest BCUT2D eigenvalue weighted by Gasteiger charge is 2.28. The summed E-state index contributed by atoms with van der Waals surface area (Å²) in [5.74, 6) is -2.09. The predicted octanol–water partition coefficient (Wildman–Crippen LogP) is 4.00. The Bertz CT molecular complexity index is 1590. The van der Waals surface area contributed by atoms with E-state index in [0.717, 1.165) is 5.56 Å². The normalized spacial score (nSPS) is 15.4. The standard InChI is InChI=1S/C29H24F2N4O3/c30-19-15-22-25-20(8-9-32-27(22)36)26(33-24(25)16-19)18-6-7-23(31)21(14-18)29(38)35-12-10-34(11-13-35)28(37)17-4-2-1-3-5-17/h1-7,14-16,33H,8-13H2,(H,32,36). The van der Waals surface area contributed by atoms with Crippen molar-refractivity contribution in [3.63, 3.8) is 0 Å². The molecule has 0 radical (unpaired) electrons. The second kappa shape index (κ2) is 9.41. The van der Waals surface area contributed by atoms with E-state index in [1.807, 2.05) is 6.07 Å². The molecule has 0 aliphatic carbocycles. The molecule has 4 aromatic rings. The molecule has 7 nitrogen and oxygen atoms in total. The number of nitrogens with one attached hydrogen (secondary N) is 2. The van der Waals surface area contributed by atoms with Crippen molar-refractivity contribution in [2.24, 2.45) is 0 Å². The van der Waals surface area contributed by atoms with E-state index in [1.165, 1.54) is 24.3 Å². The summed E-state index contributed by atoms with van der Waals surface area (Å²) in [6.45, 7) is 1.64. The van der Waals surface area contributed by atoms with E-state index >= 15 is 0 Å². The highest BCUT2D eigenvalue weighted by atomic mass is 19.1. The summed E-state index contributed by atoms with van der Waals surface area (Å²) in [6, 6.07) is 15.8. The van der Waals surface area contributed by atoms with Crippen LogP contribution >= 0.6 is 0 Å². The smallest absolute Gasteiger partial charge is 0.256 e. The molecule has 1 aromatic heterocycles. The lowest BCUT2D eigenvalue weighted by atomic mass is 9.98. The lowest BCUT2D eigenvalue weighted by molar-refractivity contribution is 0.0533. The van der Waals surface area contributed by atoms with Crippen molar-refractivity contribution >= 4 is 28.6 Å². The summed E-state index contributed by atoms with van der Waals surface area (Å²) < 4.78 is 29.2. The molecule has 2 N–H and O–H groups in total. The Morgan fingerprint density at radius 2 is 1.55 bits per heavy atom. The fraction of sp³-hybridized carbons (Fsp3) is 0.207. The molecule has 0 bridgehead atoms. The van der Waals surface area contributed by atoms with Gasteiger partial charge in [0.1, 0.15) is 11.6 Å². The highest BCUT2D eigenvalue weighted by molar-refractivity contribution is 6.10. The molecule has 0 unspecified atom stereocenters. The fourth-order valence-electron chi connectivity index (χ4n) is 5.33. The van der Waals surface area contributed by atoms with Gasteiger partial charge in [-0.3, -0.25) is 14.4 Å². The van der Waals surface area contributed by atoms with Crippen LogP contribution in [0.4, 0.5) is 8.78 Å². The number of carbonyl (C=O) groups excluding carboxylic acids is 3. The second-order valence-corrected chi connectivity index (χ2v) is 9.51. The Hall–Kier alpha value is -4.53. The van der Waals surface area contributed by atoms with Crippen LogP contribution in [-0.4, -0.2) is 65.2 Å². The number of piperazine rings is 1. The Morgan fingerprint density at radius 1 is 0.842 bits per heavy atom. The molecule has 3 aromatic carbocycles. The van der Waals surface area contributed by atoms with Gasteiger partial charge in [0.2, 0.25) is 0 Å². The van der Waals surface area contributed by atoms with Crippen molar-refractivity contribution in [1.29, 1.82) is 0 Å². The quantitative estimate of drug-likeness (QED) is 0.434. The van der Waals surface area contributed by atoms with Gasteiger partial charge in [0.15, 0.2) is 0 Å². The molecule has 2 aliphatic heterocycles. The minimum Gasteiger partial charge on any atom is -0.354 e. The molecule has 1 fully saturated rings. The third-order valence-electron chi connectivity index (χ3n) is 7.23. The third kappa shape index (κ3) is 4.09. The summed E-state index contributed by atoms with van der Waals surface area (Å²) in [7, 11) is 0. The van der Waals surface area contributed by atoms with E-state index in [0.29, 0.717) is 53.8 Å².